The molecule has 6 rings (SSSR count). The molecule has 1 heterocycles. The number of aromatic nitrogens is 2. The van der Waals surface area contributed by atoms with Crippen LogP contribution in [-0.4, -0.2) is 9.97 Å². The van der Waals surface area contributed by atoms with E-state index < -0.39 is 0 Å². The maximum Gasteiger partial charge on any atom is 0.0971 e. The molecule has 2 heteroatoms. The van der Waals surface area contributed by atoms with Crippen molar-refractivity contribution in [3.8, 4) is 22.3 Å². The SMILES string of the molecule is Cc1ccc(-c2ccc3c(c2)c2cc(-c4ccc(C)cc4)ccc2c2nccnc32)cc1. The van der Waals surface area contributed by atoms with Crippen molar-refractivity contribution in [3.05, 3.63) is 108 Å². The second-order valence-electron chi connectivity index (χ2n) is 8.51. The molecule has 1 aromatic heterocycles. The minimum Gasteiger partial charge on any atom is -0.252 e. The van der Waals surface area contributed by atoms with Crippen LogP contribution >= 0.6 is 0 Å². The molecule has 0 fully saturated rings. The fourth-order valence-corrected chi connectivity index (χ4v) is 4.53. The first-order valence-electron chi connectivity index (χ1n) is 10.9. The lowest BCUT2D eigenvalue weighted by molar-refractivity contribution is 1.31. The van der Waals surface area contributed by atoms with E-state index in [-0.39, 0.29) is 0 Å². The Balaban J connectivity index is 1.69. The predicted molar refractivity (Wildman–Crippen MR) is 135 cm³/mol. The Bertz CT molecular complexity index is 1490. The predicted octanol–water partition coefficient (Wildman–Crippen LogP) is 7.89. The Morgan fingerprint density at radius 3 is 1.19 bits per heavy atom. The maximum atomic E-state index is 4.70. The minimum atomic E-state index is 0.952. The smallest absolute Gasteiger partial charge is 0.0971 e. The van der Waals surface area contributed by atoms with Crippen LogP contribution in [0.3, 0.4) is 0 Å². The average molecular weight is 411 g/mol. The third kappa shape index (κ3) is 3.04. The van der Waals surface area contributed by atoms with E-state index in [1.54, 1.807) is 12.4 Å². The number of nitrogens with zero attached hydrogens (tertiary/aromatic N) is 2. The highest BCUT2D eigenvalue weighted by atomic mass is 14.8. The zero-order valence-corrected chi connectivity index (χ0v) is 18.1. The fourth-order valence-electron chi connectivity index (χ4n) is 4.53. The van der Waals surface area contributed by atoms with Crippen LogP contribution in [0.15, 0.2) is 97.3 Å². The molecule has 2 nitrogen and oxygen atoms in total. The molecule has 152 valence electrons. The molecule has 5 aromatic carbocycles. The number of fused-ring (bicyclic) bond motifs is 6. The summed E-state index contributed by atoms with van der Waals surface area (Å²) < 4.78 is 0. The topological polar surface area (TPSA) is 25.8 Å². The third-order valence-corrected chi connectivity index (χ3v) is 6.31. The normalized spacial score (nSPS) is 11.4. The first kappa shape index (κ1) is 18.7. The van der Waals surface area contributed by atoms with Crippen LogP contribution in [0.1, 0.15) is 11.1 Å². The molecule has 0 bridgehead atoms. The monoisotopic (exact) mass is 410 g/mol. The van der Waals surface area contributed by atoms with Gasteiger partial charge in [-0.1, -0.05) is 83.9 Å². The maximum absolute atomic E-state index is 4.70. The molecular weight excluding hydrogens is 388 g/mol. The molecule has 0 aliphatic rings. The van der Waals surface area contributed by atoms with Gasteiger partial charge in [-0.05, 0) is 59.0 Å². The number of aryl methyl sites for hydroxylation is 2. The van der Waals surface area contributed by atoms with E-state index in [9.17, 15) is 0 Å². The zero-order valence-electron chi connectivity index (χ0n) is 18.1. The second kappa shape index (κ2) is 7.28. The lowest BCUT2D eigenvalue weighted by atomic mass is 9.93. The summed E-state index contributed by atoms with van der Waals surface area (Å²) in [6, 6.07) is 30.8. The van der Waals surface area contributed by atoms with Crippen LogP contribution < -0.4 is 0 Å². The third-order valence-electron chi connectivity index (χ3n) is 6.31. The Morgan fingerprint density at radius 2 is 0.781 bits per heavy atom. The van der Waals surface area contributed by atoms with Gasteiger partial charge in [-0.2, -0.15) is 0 Å². The molecule has 0 saturated heterocycles. The summed E-state index contributed by atoms with van der Waals surface area (Å²) in [7, 11) is 0. The van der Waals surface area contributed by atoms with E-state index in [1.807, 2.05) is 0 Å². The fraction of sp³-hybridized carbons (Fsp3) is 0.0667. The van der Waals surface area contributed by atoms with Gasteiger partial charge < -0.3 is 0 Å². The molecule has 0 unspecified atom stereocenters. The molecule has 0 spiro atoms. The van der Waals surface area contributed by atoms with Gasteiger partial charge in [0.1, 0.15) is 0 Å². The van der Waals surface area contributed by atoms with E-state index >= 15 is 0 Å². The van der Waals surface area contributed by atoms with Gasteiger partial charge in [-0.15, -0.1) is 0 Å². The number of rotatable bonds is 2. The Morgan fingerprint density at radius 1 is 0.406 bits per heavy atom. The summed E-state index contributed by atoms with van der Waals surface area (Å²) in [5.41, 5.74) is 9.31. The van der Waals surface area contributed by atoms with Crippen LogP contribution in [0.2, 0.25) is 0 Å². The Kier molecular flexibility index (Phi) is 4.26. The summed E-state index contributed by atoms with van der Waals surface area (Å²) in [4.78, 5) is 9.40. The summed E-state index contributed by atoms with van der Waals surface area (Å²) in [5.74, 6) is 0. The summed E-state index contributed by atoms with van der Waals surface area (Å²) in [6.45, 7) is 4.24. The van der Waals surface area contributed by atoms with Crippen molar-refractivity contribution >= 4 is 32.6 Å². The van der Waals surface area contributed by atoms with Crippen molar-refractivity contribution in [3.63, 3.8) is 0 Å². The van der Waals surface area contributed by atoms with Crippen molar-refractivity contribution in [2.45, 2.75) is 13.8 Å². The number of hydrogen-bond donors (Lipinski definition) is 0. The molecule has 0 N–H and O–H groups in total. The van der Waals surface area contributed by atoms with Gasteiger partial charge in [-0.3, -0.25) is 9.97 Å². The van der Waals surface area contributed by atoms with Crippen LogP contribution in [-0.2, 0) is 0 Å². The standard InChI is InChI=1S/C30H22N2/c1-19-3-7-21(8-4-19)23-11-13-25-27(17-23)28-18-24(22-9-5-20(2)6-10-22)12-14-26(28)30-29(25)31-15-16-32-30/h3-18H,1-2H3. The Labute approximate surface area is 187 Å². The van der Waals surface area contributed by atoms with Gasteiger partial charge >= 0.3 is 0 Å². The summed E-state index contributed by atoms with van der Waals surface area (Å²) in [6.07, 6.45) is 3.56. The van der Waals surface area contributed by atoms with Crippen molar-refractivity contribution in [1.29, 1.82) is 0 Å². The lowest BCUT2D eigenvalue weighted by Crippen LogP contribution is -1.90. The van der Waals surface area contributed by atoms with Crippen molar-refractivity contribution in [1.82, 2.24) is 9.97 Å². The molecule has 0 radical (unpaired) electrons. The van der Waals surface area contributed by atoms with Crippen LogP contribution in [0.4, 0.5) is 0 Å². The van der Waals surface area contributed by atoms with Gasteiger partial charge in [0.2, 0.25) is 0 Å². The molecule has 6 aromatic rings. The van der Waals surface area contributed by atoms with Gasteiger partial charge in [0.15, 0.2) is 0 Å². The van der Waals surface area contributed by atoms with Crippen LogP contribution in [0, 0.1) is 13.8 Å². The lowest BCUT2D eigenvalue weighted by Gasteiger charge is -2.12. The highest BCUT2D eigenvalue weighted by Gasteiger charge is 2.13. The summed E-state index contributed by atoms with van der Waals surface area (Å²) in [5, 5.41) is 4.69. The van der Waals surface area contributed by atoms with E-state index in [4.69, 9.17) is 9.97 Å². The molecule has 0 saturated carbocycles. The zero-order chi connectivity index (χ0) is 21.7. The Hall–Kier alpha value is -4.04. The number of hydrogen-bond acceptors (Lipinski definition) is 2. The first-order valence-corrected chi connectivity index (χ1v) is 10.9. The molecular formula is C30H22N2. The van der Waals surface area contributed by atoms with Gasteiger partial charge in [0.25, 0.3) is 0 Å². The number of benzene rings is 5. The van der Waals surface area contributed by atoms with Crippen LogP contribution in [0.5, 0.6) is 0 Å². The highest BCUT2D eigenvalue weighted by Crippen LogP contribution is 2.37. The largest absolute Gasteiger partial charge is 0.252 e. The molecule has 0 aliphatic heterocycles. The van der Waals surface area contributed by atoms with Crippen LogP contribution in [0.25, 0.3) is 54.8 Å². The van der Waals surface area contributed by atoms with E-state index in [2.05, 4.69) is 98.8 Å². The minimum absolute atomic E-state index is 0.952. The first-order chi connectivity index (χ1) is 15.7. The summed E-state index contributed by atoms with van der Waals surface area (Å²) >= 11 is 0. The van der Waals surface area contributed by atoms with E-state index in [0.29, 0.717) is 0 Å². The second-order valence-corrected chi connectivity index (χ2v) is 8.51. The van der Waals surface area contributed by atoms with Gasteiger partial charge in [-0.25, -0.2) is 0 Å². The van der Waals surface area contributed by atoms with Gasteiger partial charge in [0, 0.05) is 23.2 Å². The van der Waals surface area contributed by atoms with Crippen molar-refractivity contribution in [2.24, 2.45) is 0 Å². The van der Waals surface area contributed by atoms with Crippen molar-refractivity contribution in [2.75, 3.05) is 0 Å². The quantitative estimate of drug-likeness (QED) is 0.271. The van der Waals surface area contributed by atoms with E-state index in [1.165, 1.54) is 44.2 Å². The van der Waals surface area contributed by atoms with Gasteiger partial charge in [0.05, 0.1) is 11.0 Å². The average Bonchev–Trinajstić information content (AvgIpc) is 2.84. The van der Waals surface area contributed by atoms with Crippen molar-refractivity contribution < 1.29 is 0 Å². The van der Waals surface area contributed by atoms with E-state index in [0.717, 1.165) is 21.8 Å². The molecule has 0 aliphatic carbocycles. The molecule has 0 amide bonds. The molecule has 0 atom stereocenters. The molecule has 32 heavy (non-hydrogen) atoms. The highest BCUT2D eigenvalue weighted by molar-refractivity contribution is 6.24.